The van der Waals surface area contributed by atoms with E-state index in [1.807, 2.05) is 13.8 Å². The average Bonchev–Trinajstić information content (AvgIpc) is 2.93. The van der Waals surface area contributed by atoms with Crippen LogP contribution in [0.5, 0.6) is 0 Å². The molecule has 0 spiro atoms. The van der Waals surface area contributed by atoms with Crippen molar-refractivity contribution in [3.63, 3.8) is 0 Å². The van der Waals surface area contributed by atoms with Crippen LogP contribution in [0.25, 0.3) is 0 Å². The molecule has 1 saturated carbocycles. The van der Waals surface area contributed by atoms with Gasteiger partial charge in [-0.05, 0) is 44.9 Å². The predicted octanol–water partition coefficient (Wildman–Crippen LogP) is 3.27. The molecule has 0 radical (unpaired) electrons. The molecule has 2 rings (SSSR count). The number of nitrogens with one attached hydrogen (secondary N) is 2. The lowest BCUT2D eigenvalue weighted by atomic mass is 10.1. The fourth-order valence-electron chi connectivity index (χ4n) is 2.07. The molecule has 0 heterocycles. The Morgan fingerprint density at radius 2 is 1.95 bits per heavy atom. The summed E-state index contributed by atoms with van der Waals surface area (Å²) in [4.78, 5) is 24.1. The zero-order valence-electron chi connectivity index (χ0n) is 12.2. The lowest BCUT2D eigenvalue weighted by Crippen LogP contribution is -2.27. The number of alkyl halides is 2. The van der Waals surface area contributed by atoms with Crippen LogP contribution in [0.2, 0.25) is 0 Å². The molecule has 1 atom stereocenters. The van der Waals surface area contributed by atoms with Gasteiger partial charge in [0.2, 0.25) is 5.91 Å². The molecule has 2 N–H and O–H groups in total. The van der Waals surface area contributed by atoms with Gasteiger partial charge in [-0.15, -0.1) is 23.2 Å². The fourth-order valence-corrected chi connectivity index (χ4v) is 2.77. The van der Waals surface area contributed by atoms with E-state index in [0.29, 0.717) is 24.2 Å². The number of halogens is 2. The second-order valence-corrected chi connectivity index (χ2v) is 7.04. The second-order valence-electron chi connectivity index (χ2n) is 5.56. The summed E-state index contributed by atoms with van der Waals surface area (Å²) in [5, 5.41) is 5.54. The van der Waals surface area contributed by atoms with E-state index in [2.05, 4.69) is 10.6 Å². The fraction of sp³-hybridized carbons (Fsp3) is 0.467. The highest BCUT2D eigenvalue weighted by Crippen LogP contribution is 2.64. The Hall–Kier alpha value is -1.26. The van der Waals surface area contributed by atoms with Gasteiger partial charge in [-0.3, -0.25) is 9.59 Å². The molecule has 4 nitrogen and oxygen atoms in total. The number of rotatable bonds is 4. The van der Waals surface area contributed by atoms with E-state index in [0.717, 1.165) is 5.56 Å². The molecular weight excluding hydrogens is 311 g/mol. The van der Waals surface area contributed by atoms with Gasteiger partial charge in [0.1, 0.15) is 4.33 Å². The molecule has 1 aliphatic rings. The van der Waals surface area contributed by atoms with Crippen LogP contribution in [-0.2, 0) is 4.79 Å². The maximum Gasteiger partial charge on any atom is 0.251 e. The predicted molar refractivity (Wildman–Crippen MR) is 85.0 cm³/mol. The van der Waals surface area contributed by atoms with E-state index < -0.39 is 9.75 Å². The van der Waals surface area contributed by atoms with Gasteiger partial charge in [0.25, 0.3) is 5.91 Å². The van der Waals surface area contributed by atoms with Crippen LogP contribution < -0.4 is 10.6 Å². The number of hydrogen-bond donors (Lipinski definition) is 2. The van der Waals surface area contributed by atoms with Gasteiger partial charge >= 0.3 is 0 Å². The van der Waals surface area contributed by atoms with Crippen LogP contribution in [0, 0.1) is 12.3 Å². The van der Waals surface area contributed by atoms with Gasteiger partial charge in [0.05, 0.1) is 5.41 Å². The van der Waals surface area contributed by atoms with Crippen molar-refractivity contribution in [1.82, 2.24) is 5.32 Å². The first-order valence-electron chi connectivity index (χ1n) is 6.79. The molecule has 6 heteroatoms. The molecule has 1 aromatic rings. The molecule has 2 amide bonds. The molecule has 1 aliphatic carbocycles. The number of carbonyl (C=O) groups is 2. The van der Waals surface area contributed by atoms with Crippen LogP contribution in [0.4, 0.5) is 5.69 Å². The Kier molecular flexibility index (Phi) is 4.22. The summed E-state index contributed by atoms with van der Waals surface area (Å²) in [6.45, 7) is 5.99. The van der Waals surface area contributed by atoms with Gasteiger partial charge in [0, 0.05) is 17.8 Å². The SMILES string of the molecule is CCNC(=O)c1ccc(C)c(NC(=O)[C@]2(C)CC2(Cl)Cl)c1. The highest BCUT2D eigenvalue weighted by atomic mass is 35.5. The third-order valence-electron chi connectivity index (χ3n) is 3.84. The summed E-state index contributed by atoms with van der Waals surface area (Å²) in [7, 11) is 0. The molecule has 21 heavy (non-hydrogen) atoms. The van der Waals surface area contributed by atoms with Crippen LogP contribution in [0.1, 0.15) is 36.2 Å². The minimum Gasteiger partial charge on any atom is -0.352 e. The van der Waals surface area contributed by atoms with Gasteiger partial charge in [-0.1, -0.05) is 6.07 Å². The summed E-state index contributed by atoms with van der Waals surface area (Å²) >= 11 is 12.0. The quantitative estimate of drug-likeness (QED) is 0.833. The Bertz CT molecular complexity index is 601. The Labute approximate surface area is 134 Å². The number of benzene rings is 1. The molecule has 114 valence electrons. The molecule has 0 unspecified atom stereocenters. The third-order valence-corrected chi connectivity index (χ3v) is 4.95. The smallest absolute Gasteiger partial charge is 0.251 e. The summed E-state index contributed by atoms with van der Waals surface area (Å²) < 4.78 is -1.01. The number of anilines is 1. The van der Waals surface area contributed by atoms with Crippen molar-refractivity contribution in [2.75, 3.05) is 11.9 Å². The highest BCUT2D eigenvalue weighted by molar-refractivity contribution is 6.53. The third kappa shape index (κ3) is 3.01. The van der Waals surface area contributed by atoms with Crippen molar-refractivity contribution in [3.05, 3.63) is 29.3 Å². The van der Waals surface area contributed by atoms with Crippen molar-refractivity contribution in [2.45, 2.75) is 31.5 Å². The van der Waals surface area contributed by atoms with Gasteiger partial charge in [-0.25, -0.2) is 0 Å². The van der Waals surface area contributed by atoms with Crippen molar-refractivity contribution >= 4 is 40.7 Å². The normalized spacial score (nSPS) is 22.5. The molecule has 0 saturated heterocycles. The molecule has 0 aromatic heterocycles. The first kappa shape index (κ1) is 16.1. The summed E-state index contributed by atoms with van der Waals surface area (Å²) in [6.07, 6.45) is 0.421. The van der Waals surface area contributed by atoms with Crippen LogP contribution in [-0.4, -0.2) is 22.7 Å². The van der Waals surface area contributed by atoms with Crippen molar-refractivity contribution in [2.24, 2.45) is 5.41 Å². The number of hydrogen-bond acceptors (Lipinski definition) is 2. The highest BCUT2D eigenvalue weighted by Gasteiger charge is 2.67. The number of amides is 2. The topological polar surface area (TPSA) is 58.2 Å². The zero-order chi connectivity index (χ0) is 15.8. The van der Waals surface area contributed by atoms with Gasteiger partial charge in [0.15, 0.2) is 0 Å². The maximum absolute atomic E-state index is 12.3. The monoisotopic (exact) mass is 328 g/mol. The Balaban J connectivity index is 2.19. The lowest BCUT2D eigenvalue weighted by molar-refractivity contribution is -0.120. The molecule has 0 aliphatic heterocycles. The standard InChI is InChI=1S/C15H18Cl2N2O2/c1-4-18-12(20)10-6-5-9(2)11(7-10)19-13(21)14(3)8-15(14,16)17/h5-7H,4,8H2,1-3H3,(H,18,20)(H,19,21)/t14-/m0/s1. The van der Waals surface area contributed by atoms with Crippen molar-refractivity contribution in [3.8, 4) is 0 Å². The van der Waals surface area contributed by atoms with E-state index in [9.17, 15) is 9.59 Å². The van der Waals surface area contributed by atoms with E-state index in [4.69, 9.17) is 23.2 Å². The molecule has 1 aromatic carbocycles. The summed E-state index contributed by atoms with van der Waals surface area (Å²) in [5.41, 5.74) is 1.18. The number of carbonyl (C=O) groups excluding carboxylic acids is 2. The lowest BCUT2D eigenvalue weighted by Gasteiger charge is -2.15. The van der Waals surface area contributed by atoms with E-state index in [1.165, 1.54) is 0 Å². The molecule has 1 fully saturated rings. The first-order chi connectivity index (χ1) is 9.71. The van der Waals surface area contributed by atoms with E-state index in [-0.39, 0.29) is 11.8 Å². The van der Waals surface area contributed by atoms with Crippen LogP contribution in [0.15, 0.2) is 18.2 Å². The molecule has 0 bridgehead atoms. The van der Waals surface area contributed by atoms with Gasteiger partial charge in [-0.2, -0.15) is 0 Å². The number of aryl methyl sites for hydroxylation is 1. The summed E-state index contributed by atoms with van der Waals surface area (Å²) in [5.74, 6) is -0.404. The average molecular weight is 329 g/mol. The van der Waals surface area contributed by atoms with Crippen molar-refractivity contribution < 1.29 is 9.59 Å². The minimum atomic E-state index is -1.01. The minimum absolute atomic E-state index is 0.172. The Morgan fingerprint density at radius 1 is 1.33 bits per heavy atom. The first-order valence-corrected chi connectivity index (χ1v) is 7.55. The maximum atomic E-state index is 12.3. The van der Waals surface area contributed by atoms with E-state index in [1.54, 1.807) is 25.1 Å². The summed E-state index contributed by atoms with van der Waals surface area (Å²) in [6, 6.07) is 5.18. The Morgan fingerprint density at radius 3 is 2.48 bits per heavy atom. The van der Waals surface area contributed by atoms with E-state index >= 15 is 0 Å². The van der Waals surface area contributed by atoms with Crippen LogP contribution in [0.3, 0.4) is 0 Å². The second kappa shape index (κ2) is 5.50. The van der Waals surface area contributed by atoms with Gasteiger partial charge < -0.3 is 10.6 Å². The largest absolute Gasteiger partial charge is 0.352 e. The zero-order valence-corrected chi connectivity index (χ0v) is 13.7. The van der Waals surface area contributed by atoms with Crippen molar-refractivity contribution in [1.29, 1.82) is 0 Å². The van der Waals surface area contributed by atoms with Crippen LogP contribution >= 0.6 is 23.2 Å². The molecular formula is C15H18Cl2N2O2.